The number of nitro benzene ring substituents is 1. The second kappa shape index (κ2) is 5.57. The van der Waals surface area contributed by atoms with E-state index in [9.17, 15) is 10.1 Å². The Hall–Kier alpha value is -2.34. The van der Waals surface area contributed by atoms with E-state index in [0.717, 1.165) is 22.6 Å². The van der Waals surface area contributed by atoms with E-state index < -0.39 is 0 Å². The molecular weight excluding hydrogens is 286 g/mol. The van der Waals surface area contributed by atoms with Gasteiger partial charge in [0.2, 0.25) is 0 Å². The maximum absolute atomic E-state index is 10.8. The number of nitrogens with zero attached hydrogens (tertiary/aromatic N) is 3. The molecule has 6 heteroatoms. The van der Waals surface area contributed by atoms with Gasteiger partial charge in [-0.05, 0) is 18.2 Å². The van der Waals surface area contributed by atoms with Crippen LogP contribution in [0.3, 0.4) is 0 Å². The Labute approximate surface area is 125 Å². The van der Waals surface area contributed by atoms with Gasteiger partial charge in [-0.15, -0.1) is 11.8 Å². The van der Waals surface area contributed by atoms with Gasteiger partial charge in [0.1, 0.15) is 5.82 Å². The molecule has 0 bridgehead atoms. The molecule has 0 radical (unpaired) electrons. The molecule has 0 saturated heterocycles. The second-order valence-corrected chi connectivity index (χ2v) is 5.67. The molecule has 3 aromatic rings. The molecule has 1 heterocycles. The second-order valence-electron chi connectivity index (χ2n) is 4.62. The molecule has 106 valence electrons. The van der Waals surface area contributed by atoms with Gasteiger partial charge in [0.25, 0.3) is 5.69 Å². The molecule has 0 aliphatic rings. The number of imidazole rings is 1. The highest BCUT2D eigenvalue weighted by molar-refractivity contribution is 7.98. The van der Waals surface area contributed by atoms with Crippen molar-refractivity contribution in [1.82, 2.24) is 9.55 Å². The van der Waals surface area contributed by atoms with Gasteiger partial charge in [0, 0.05) is 24.1 Å². The van der Waals surface area contributed by atoms with E-state index >= 15 is 0 Å². The summed E-state index contributed by atoms with van der Waals surface area (Å²) in [5.41, 5.74) is 1.66. The van der Waals surface area contributed by atoms with Gasteiger partial charge in [-0.3, -0.25) is 10.1 Å². The Morgan fingerprint density at radius 1 is 1.24 bits per heavy atom. The highest BCUT2D eigenvalue weighted by atomic mass is 32.2. The lowest BCUT2D eigenvalue weighted by Crippen LogP contribution is -1.96. The first-order chi connectivity index (χ1) is 10.1. The molecule has 2 aromatic carbocycles. The van der Waals surface area contributed by atoms with E-state index in [0.29, 0.717) is 0 Å². The topological polar surface area (TPSA) is 61.0 Å². The van der Waals surface area contributed by atoms with E-state index in [1.54, 1.807) is 23.9 Å². The van der Waals surface area contributed by atoms with Gasteiger partial charge in [0.05, 0.1) is 21.7 Å². The van der Waals surface area contributed by atoms with Gasteiger partial charge >= 0.3 is 0 Å². The van der Waals surface area contributed by atoms with Crippen molar-refractivity contribution in [2.45, 2.75) is 10.6 Å². The highest BCUT2D eigenvalue weighted by Crippen LogP contribution is 2.26. The van der Waals surface area contributed by atoms with Crippen LogP contribution in [0.2, 0.25) is 0 Å². The van der Waals surface area contributed by atoms with E-state index in [1.807, 2.05) is 29.8 Å². The highest BCUT2D eigenvalue weighted by Gasteiger charge is 2.12. The molecule has 0 spiro atoms. The largest absolute Gasteiger partial charge is 0.330 e. The van der Waals surface area contributed by atoms with Crippen molar-refractivity contribution in [3.63, 3.8) is 0 Å². The Morgan fingerprint density at radius 2 is 2.00 bits per heavy atom. The number of aromatic nitrogens is 2. The van der Waals surface area contributed by atoms with Gasteiger partial charge < -0.3 is 4.57 Å². The minimum absolute atomic E-state index is 0.0905. The zero-order chi connectivity index (χ0) is 14.8. The van der Waals surface area contributed by atoms with Crippen molar-refractivity contribution in [2.24, 2.45) is 7.05 Å². The van der Waals surface area contributed by atoms with Crippen LogP contribution in [0, 0.1) is 10.1 Å². The molecule has 0 N–H and O–H groups in total. The summed E-state index contributed by atoms with van der Waals surface area (Å²) in [7, 11) is 1.89. The summed E-state index contributed by atoms with van der Waals surface area (Å²) in [6, 6.07) is 14.8. The standard InChI is InChI=1S/C15H13N3O2S/c1-17-14-9-11(18(19)20)7-8-13(14)16-15(17)10-21-12-5-3-2-4-6-12/h2-9H,10H2,1H3. The molecule has 0 aliphatic carbocycles. The number of hydrogen-bond acceptors (Lipinski definition) is 4. The lowest BCUT2D eigenvalue weighted by atomic mass is 10.3. The van der Waals surface area contributed by atoms with Gasteiger partial charge in [-0.1, -0.05) is 18.2 Å². The Kier molecular flexibility index (Phi) is 3.62. The van der Waals surface area contributed by atoms with Crippen LogP contribution in [0.15, 0.2) is 53.4 Å². The summed E-state index contributed by atoms with van der Waals surface area (Å²) in [5, 5.41) is 10.8. The Bertz CT molecular complexity index is 799. The third kappa shape index (κ3) is 2.75. The number of benzene rings is 2. The maximum Gasteiger partial charge on any atom is 0.271 e. The van der Waals surface area contributed by atoms with Gasteiger partial charge in [-0.2, -0.15) is 0 Å². The lowest BCUT2D eigenvalue weighted by Gasteiger charge is -2.02. The molecule has 0 saturated carbocycles. The van der Waals surface area contributed by atoms with E-state index in [4.69, 9.17) is 0 Å². The van der Waals surface area contributed by atoms with Crippen molar-refractivity contribution < 1.29 is 4.92 Å². The minimum Gasteiger partial charge on any atom is -0.330 e. The SMILES string of the molecule is Cn1c(CSc2ccccc2)nc2ccc([N+](=O)[O-])cc21. The number of nitro groups is 1. The first kappa shape index (κ1) is 13.6. The van der Waals surface area contributed by atoms with Crippen LogP contribution in [0.5, 0.6) is 0 Å². The predicted octanol–water partition coefficient (Wildman–Crippen LogP) is 3.77. The molecular formula is C15H13N3O2S. The molecule has 0 unspecified atom stereocenters. The summed E-state index contributed by atoms with van der Waals surface area (Å²) in [4.78, 5) is 16.2. The van der Waals surface area contributed by atoms with E-state index in [1.165, 1.54) is 11.0 Å². The quantitative estimate of drug-likeness (QED) is 0.418. The van der Waals surface area contributed by atoms with Crippen LogP contribution in [0.1, 0.15) is 5.82 Å². The molecule has 1 aromatic heterocycles. The summed E-state index contributed by atoms with van der Waals surface area (Å²) >= 11 is 1.70. The van der Waals surface area contributed by atoms with Crippen LogP contribution < -0.4 is 0 Å². The maximum atomic E-state index is 10.8. The van der Waals surface area contributed by atoms with Crippen LogP contribution >= 0.6 is 11.8 Å². The van der Waals surface area contributed by atoms with E-state index in [-0.39, 0.29) is 10.6 Å². The molecule has 21 heavy (non-hydrogen) atoms. The molecule has 0 amide bonds. The third-order valence-electron chi connectivity index (χ3n) is 3.28. The summed E-state index contributed by atoms with van der Waals surface area (Å²) in [5.74, 6) is 1.63. The first-order valence-electron chi connectivity index (χ1n) is 6.43. The number of thioether (sulfide) groups is 1. The summed E-state index contributed by atoms with van der Waals surface area (Å²) < 4.78 is 1.91. The fourth-order valence-corrected chi connectivity index (χ4v) is 3.04. The number of non-ortho nitro benzene ring substituents is 1. The number of fused-ring (bicyclic) bond motifs is 1. The van der Waals surface area contributed by atoms with Gasteiger partial charge in [-0.25, -0.2) is 4.98 Å². The molecule has 0 atom stereocenters. The fourth-order valence-electron chi connectivity index (χ4n) is 2.14. The lowest BCUT2D eigenvalue weighted by molar-refractivity contribution is -0.384. The third-order valence-corrected chi connectivity index (χ3v) is 4.29. The fraction of sp³-hybridized carbons (Fsp3) is 0.133. The van der Waals surface area contributed by atoms with Crippen molar-refractivity contribution in [3.05, 3.63) is 64.5 Å². The van der Waals surface area contributed by atoms with Crippen LogP contribution in [0.4, 0.5) is 5.69 Å². The van der Waals surface area contributed by atoms with Crippen LogP contribution in [-0.2, 0) is 12.8 Å². The van der Waals surface area contributed by atoms with Crippen molar-refractivity contribution in [3.8, 4) is 0 Å². The minimum atomic E-state index is -0.384. The van der Waals surface area contributed by atoms with Gasteiger partial charge in [0.15, 0.2) is 0 Å². The van der Waals surface area contributed by atoms with Crippen molar-refractivity contribution >= 4 is 28.5 Å². The van der Waals surface area contributed by atoms with Crippen molar-refractivity contribution in [1.29, 1.82) is 0 Å². The molecule has 3 rings (SSSR count). The van der Waals surface area contributed by atoms with Crippen LogP contribution in [-0.4, -0.2) is 14.5 Å². The van der Waals surface area contributed by atoms with Crippen molar-refractivity contribution in [2.75, 3.05) is 0 Å². The number of hydrogen-bond donors (Lipinski definition) is 0. The summed E-state index contributed by atoms with van der Waals surface area (Å²) in [6.07, 6.45) is 0. The molecule has 0 aliphatic heterocycles. The number of aryl methyl sites for hydroxylation is 1. The molecule has 0 fully saturated rings. The molecule has 5 nitrogen and oxygen atoms in total. The Balaban J connectivity index is 1.89. The monoisotopic (exact) mass is 299 g/mol. The summed E-state index contributed by atoms with van der Waals surface area (Å²) in [6.45, 7) is 0. The average Bonchev–Trinajstić information content (AvgIpc) is 2.82. The Morgan fingerprint density at radius 3 is 2.71 bits per heavy atom. The zero-order valence-electron chi connectivity index (χ0n) is 11.4. The van der Waals surface area contributed by atoms with Crippen LogP contribution in [0.25, 0.3) is 11.0 Å². The normalized spacial score (nSPS) is 10.9. The van der Waals surface area contributed by atoms with E-state index in [2.05, 4.69) is 17.1 Å². The zero-order valence-corrected chi connectivity index (χ0v) is 12.2. The smallest absolute Gasteiger partial charge is 0.271 e. The average molecular weight is 299 g/mol. The predicted molar refractivity (Wildman–Crippen MR) is 83.4 cm³/mol. The first-order valence-corrected chi connectivity index (χ1v) is 7.41. The number of rotatable bonds is 4.